The van der Waals surface area contributed by atoms with Crippen LogP contribution in [-0.2, 0) is 4.79 Å². The molecule has 3 aromatic rings. The van der Waals surface area contributed by atoms with Gasteiger partial charge in [-0.25, -0.2) is 4.39 Å². The molecule has 4 nitrogen and oxygen atoms in total. The molecule has 0 saturated heterocycles. The molecule has 0 aliphatic rings. The molecule has 5 heteroatoms. The summed E-state index contributed by atoms with van der Waals surface area (Å²) in [4.78, 5) is 11.0. The summed E-state index contributed by atoms with van der Waals surface area (Å²) in [6.07, 6.45) is 0. The van der Waals surface area contributed by atoms with Crippen LogP contribution in [0.3, 0.4) is 0 Å². The van der Waals surface area contributed by atoms with Gasteiger partial charge in [0.2, 0.25) is 0 Å². The molecule has 0 fully saturated rings. The van der Waals surface area contributed by atoms with E-state index in [-0.39, 0.29) is 5.82 Å². The van der Waals surface area contributed by atoms with Gasteiger partial charge in [-0.1, -0.05) is 11.2 Å². The summed E-state index contributed by atoms with van der Waals surface area (Å²) in [5.74, 6) is -1.83. The molecule has 0 amide bonds. The zero-order valence-corrected chi connectivity index (χ0v) is 11.2. The van der Waals surface area contributed by atoms with Crippen molar-refractivity contribution >= 4 is 16.9 Å². The van der Waals surface area contributed by atoms with Crippen molar-refractivity contribution in [2.24, 2.45) is 0 Å². The summed E-state index contributed by atoms with van der Waals surface area (Å²) in [5.41, 5.74) is 2.52. The third-order valence-electron chi connectivity index (χ3n) is 3.48. The van der Waals surface area contributed by atoms with Crippen molar-refractivity contribution in [1.29, 1.82) is 0 Å². The number of carboxylic acid groups (broad SMARTS) is 1. The third-order valence-corrected chi connectivity index (χ3v) is 3.48. The van der Waals surface area contributed by atoms with Crippen LogP contribution < -0.4 is 0 Å². The van der Waals surface area contributed by atoms with Crippen LogP contribution in [0.4, 0.5) is 4.39 Å². The zero-order chi connectivity index (χ0) is 15.0. The van der Waals surface area contributed by atoms with E-state index < -0.39 is 11.9 Å². The Morgan fingerprint density at radius 3 is 2.62 bits per heavy atom. The van der Waals surface area contributed by atoms with Gasteiger partial charge in [0.1, 0.15) is 11.5 Å². The highest BCUT2D eigenvalue weighted by Crippen LogP contribution is 2.30. The number of hydrogen-bond acceptors (Lipinski definition) is 3. The average molecular weight is 285 g/mol. The van der Waals surface area contributed by atoms with Gasteiger partial charge in [0.05, 0.1) is 5.92 Å². The minimum atomic E-state index is -0.896. The van der Waals surface area contributed by atoms with Crippen LogP contribution in [-0.4, -0.2) is 16.2 Å². The van der Waals surface area contributed by atoms with Crippen LogP contribution in [0.5, 0.6) is 0 Å². The zero-order valence-electron chi connectivity index (χ0n) is 11.2. The van der Waals surface area contributed by atoms with Crippen molar-refractivity contribution in [3.63, 3.8) is 0 Å². The van der Waals surface area contributed by atoms with Gasteiger partial charge in [-0.05, 0) is 48.9 Å². The Bertz CT molecular complexity index is 808. The van der Waals surface area contributed by atoms with Gasteiger partial charge in [-0.15, -0.1) is 0 Å². The second kappa shape index (κ2) is 5.01. The molecule has 0 unspecified atom stereocenters. The fraction of sp³-hybridized carbons (Fsp3) is 0.125. The summed E-state index contributed by atoms with van der Waals surface area (Å²) >= 11 is 0. The number of hydrogen-bond donors (Lipinski definition) is 1. The Morgan fingerprint density at radius 2 is 1.95 bits per heavy atom. The van der Waals surface area contributed by atoms with Gasteiger partial charge >= 0.3 is 5.97 Å². The molecule has 1 aromatic heterocycles. The Morgan fingerprint density at radius 1 is 1.24 bits per heavy atom. The first-order valence-electron chi connectivity index (χ1n) is 6.44. The predicted octanol–water partition coefficient (Wildman–Crippen LogP) is 3.82. The lowest BCUT2D eigenvalue weighted by molar-refractivity contribution is -0.138. The van der Waals surface area contributed by atoms with Gasteiger partial charge in [0.25, 0.3) is 0 Å². The van der Waals surface area contributed by atoms with Crippen LogP contribution in [0.2, 0.25) is 0 Å². The van der Waals surface area contributed by atoms with Gasteiger partial charge < -0.3 is 9.63 Å². The lowest BCUT2D eigenvalue weighted by atomic mass is 9.99. The number of aromatic nitrogens is 1. The van der Waals surface area contributed by atoms with E-state index in [0.717, 1.165) is 10.9 Å². The Labute approximate surface area is 119 Å². The second-order valence-electron chi connectivity index (χ2n) is 4.85. The summed E-state index contributed by atoms with van der Waals surface area (Å²) in [5, 5.41) is 13.8. The molecule has 1 atom stereocenters. The van der Waals surface area contributed by atoms with Gasteiger partial charge in [0.15, 0.2) is 5.58 Å². The molecule has 21 heavy (non-hydrogen) atoms. The van der Waals surface area contributed by atoms with E-state index in [1.54, 1.807) is 37.3 Å². The number of rotatable bonds is 3. The maximum Gasteiger partial charge on any atom is 0.310 e. The molecule has 0 aliphatic heterocycles. The van der Waals surface area contributed by atoms with E-state index in [2.05, 4.69) is 5.16 Å². The van der Waals surface area contributed by atoms with Crippen molar-refractivity contribution in [2.45, 2.75) is 12.8 Å². The number of carbonyl (C=O) groups is 1. The number of benzene rings is 2. The van der Waals surface area contributed by atoms with Crippen molar-refractivity contribution in [2.75, 3.05) is 0 Å². The Hall–Kier alpha value is -2.69. The number of fused-ring (bicyclic) bond motifs is 1. The highest BCUT2D eigenvalue weighted by atomic mass is 19.1. The van der Waals surface area contributed by atoms with Crippen LogP contribution in [0.25, 0.3) is 22.2 Å². The smallest absolute Gasteiger partial charge is 0.310 e. The molecule has 106 valence electrons. The molecule has 0 saturated carbocycles. The van der Waals surface area contributed by atoms with E-state index in [9.17, 15) is 9.18 Å². The minimum Gasteiger partial charge on any atom is -0.481 e. The van der Waals surface area contributed by atoms with E-state index in [4.69, 9.17) is 9.63 Å². The van der Waals surface area contributed by atoms with E-state index in [1.165, 1.54) is 12.1 Å². The Kier molecular flexibility index (Phi) is 3.17. The molecule has 0 aliphatic carbocycles. The average Bonchev–Trinajstić information content (AvgIpc) is 2.90. The summed E-state index contributed by atoms with van der Waals surface area (Å²) in [6, 6.07) is 11.2. The molecule has 0 spiro atoms. The fourth-order valence-electron chi connectivity index (χ4n) is 2.18. The van der Waals surface area contributed by atoms with Crippen molar-refractivity contribution in [3.05, 3.63) is 53.8 Å². The topological polar surface area (TPSA) is 63.3 Å². The molecule has 0 radical (unpaired) electrons. The lowest BCUT2D eigenvalue weighted by Gasteiger charge is -2.05. The molecule has 2 aromatic carbocycles. The SMILES string of the molecule is C[C@H](C(=O)O)c1ccc2c(-c3ccc(F)cc3)noc2c1. The maximum atomic E-state index is 13.0. The van der Waals surface area contributed by atoms with Gasteiger partial charge in [0, 0.05) is 10.9 Å². The van der Waals surface area contributed by atoms with Crippen LogP contribution >= 0.6 is 0 Å². The first-order chi connectivity index (χ1) is 10.1. The second-order valence-corrected chi connectivity index (χ2v) is 4.85. The van der Waals surface area contributed by atoms with Crippen molar-refractivity contribution in [3.8, 4) is 11.3 Å². The molecular formula is C16H12FNO3. The molecular weight excluding hydrogens is 273 g/mol. The largest absolute Gasteiger partial charge is 0.481 e. The monoisotopic (exact) mass is 285 g/mol. The molecule has 1 N–H and O–H groups in total. The quantitative estimate of drug-likeness (QED) is 0.794. The Balaban J connectivity index is 2.07. The van der Waals surface area contributed by atoms with E-state index in [1.807, 2.05) is 0 Å². The first kappa shape index (κ1) is 13.3. The van der Waals surface area contributed by atoms with Crippen LogP contribution in [0.1, 0.15) is 18.4 Å². The molecule has 0 bridgehead atoms. The highest BCUT2D eigenvalue weighted by molar-refractivity contribution is 5.92. The predicted molar refractivity (Wildman–Crippen MR) is 75.5 cm³/mol. The number of carboxylic acids is 1. The van der Waals surface area contributed by atoms with Crippen LogP contribution in [0.15, 0.2) is 47.0 Å². The third kappa shape index (κ3) is 2.38. The standard InChI is InChI=1S/C16H12FNO3/c1-9(16(19)20)11-4-7-13-14(8-11)21-18-15(13)10-2-5-12(17)6-3-10/h2-9H,1H3,(H,19,20)/t9-/m0/s1. The highest BCUT2D eigenvalue weighted by Gasteiger charge is 2.17. The number of aliphatic carboxylic acids is 1. The molecule has 3 rings (SSSR count). The minimum absolute atomic E-state index is 0.316. The molecule has 1 heterocycles. The normalized spacial score (nSPS) is 12.5. The van der Waals surface area contributed by atoms with Gasteiger partial charge in [-0.2, -0.15) is 0 Å². The van der Waals surface area contributed by atoms with Crippen LogP contribution in [0, 0.1) is 5.82 Å². The summed E-state index contributed by atoms with van der Waals surface area (Å²) in [6.45, 7) is 1.61. The lowest BCUT2D eigenvalue weighted by Crippen LogP contribution is -2.06. The summed E-state index contributed by atoms with van der Waals surface area (Å²) in [7, 11) is 0. The fourth-order valence-corrected chi connectivity index (χ4v) is 2.18. The van der Waals surface area contributed by atoms with Crippen molar-refractivity contribution < 1.29 is 18.8 Å². The number of nitrogens with zero attached hydrogens (tertiary/aromatic N) is 1. The number of halogens is 1. The maximum absolute atomic E-state index is 13.0. The first-order valence-corrected chi connectivity index (χ1v) is 6.44. The van der Waals surface area contributed by atoms with Crippen molar-refractivity contribution in [1.82, 2.24) is 5.16 Å². The summed E-state index contributed by atoms with van der Waals surface area (Å²) < 4.78 is 18.2. The van der Waals surface area contributed by atoms with Gasteiger partial charge in [-0.3, -0.25) is 4.79 Å². The van der Waals surface area contributed by atoms with E-state index >= 15 is 0 Å². The van der Waals surface area contributed by atoms with E-state index in [0.29, 0.717) is 16.8 Å².